The van der Waals surface area contributed by atoms with Gasteiger partial charge in [0.2, 0.25) is 0 Å². The molecule has 1 aromatic carbocycles. The molecule has 2 rings (SSSR count). The number of hydrogen-bond donors (Lipinski definition) is 1. The van der Waals surface area contributed by atoms with E-state index >= 15 is 0 Å². The van der Waals surface area contributed by atoms with Crippen molar-refractivity contribution in [1.82, 2.24) is 5.32 Å². The molecule has 0 bridgehead atoms. The Balaban J connectivity index is 2.60. The second-order valence-electron chi connectivity index (χ2n) is 3.43. The van der Waals surface area contributed by atoms with Crippen molar-refractivity contribution in [2.45, 2.75) is 13.3 Å². The first kappa shape index (κ1) is 9.06. The van der Waals surface area contributed by atoms with Gasteiger partial charge in [-0.05, 0) is 25.0 Å². The number of amides is 1. The number of methoxy groups -OCH3 is 1. The molecule has 14 heavy (non-hydrogen) atoms. The van der Waals surface area contributed by atoms with Crippen LogP contribution in [0.5, 0.6) is 5.75 Å². The van der Waals surface area contributed by atoms with Gasteiger partial charge >= 0.3 is 0 Å². The molecule has 3 nitrogen and oxygen atoms in total. The summed E-state index contributed by atoms with van der Waals surface area (Å²) in [6.07, 6.45) is 0.909. The molecule has 0 saturated carbocycles. The smallest absolute Gasteiger partial charge is 0.251 e. The maximum Gasteiger partial charge on any atom is 0.251 e. The molecule has 1 aromatic rings. The highest BCUT2D eigenvalue weighted by Crippen LogP contribution is 2.26. The van der Waals surface area contributed by atoms with E-state index in [2.05, 4.69) is 5.32 Å². The van der Waals surface area contributed by atoms with E-state index in [0.717, 1.165) is 35.4 Å². The van der Waals surface area contributed by atoms with Gasteiger partial charge in [-0.2, -0.15) is 0 Å². The molecule has 0 aromatic heterocycles. The topological polar surface area (TPSA) is 38.3 Å². The molecule has 0 spiro atoms. The summed E-state index contributed by atoms with van der Waals surface area (Å²) in [6.45, 7) is 2.65. The third-order valence-electron chi connectivity index (χ3n) is 2.63. The van der Waals surface area contributed by atoms with Gasteiger partial charge < -0.3 is 10.1 Å². The molecule has 1 aliphatic rings. The summed E-state index contributed by atoms with van der Waals surface area (Å²) in [5.74, 6) is 0.795. The van der Waals surface area contributed by atoms with Crippen LogP contribution in [0.3, 0.4) is 0 Å². The van der Waals surface area contributed by atoms with Crippen LogP contribution in [0.15, 0.2) is 12.1 Å². The standard InChI is InChI=1S/C11H13NO2/c1-7-9(14-2)4-3-8-5-6-12-11(13)10(7)8/h3-4H,5-6H2,1-2H3,(H,12,13). The summed E-state index contributed by atoms with van der Waals surface area (Å²) in [4.78, 5) is 11.6. The predicted molar refractivity (Wildman–Crippen MR) is 53.8 cm³/mol. The largest absolute Gasteiger partial charge is 0.496 e. The number of hydrogen-bond acceptors (Lipinski definition) is 2. The third kappa shape index (κ3) is 1.25. The minimum absolute atomic E-state index is 0.0163. The number of carbonyl (C=O) groups excluding carboxylic acids is 1. The van der Waals surface area contributed by atoms with E-state index in [1.54, 1.807) is 7.11 Å². The van der Waals surface area contributed by atoms with Crippen molar-refractivity contribution in [2.75, 3.05) is 13.7 Å². The number of fused-ring (bicyclic) bond motifs is 1. The van der Waals surface area contributed by atoms with Crippen molar-refractivity contribution in [3.05, 3.63) is 28.8 Å². The average molecular weight is 191 g/mol. The van der Waals surface area contributed by atoms with Crippen molar-refractivity contribution >= 4 is 5.91 Å². The van der Waals surface area contributed by atoms with Crippen LogP contribution in [0.2, 0.25) is 0 Å². The Morgan fingerprint density at radius 2 is 2.21 bits per heavy atom. The lowest BCUT2D eigenvalue weighted by Gasteiger charge is -2.19. The van der Waals surface area contributed by atoms with E-state index in [0.29, 0.717) is 0 Å². The monoisotopic (exact) mass is 191 g/mol. The molecular weight excluding hydrogens is 178 g/mol. The first-order valence-electron chi connectivity index (χ1n) is 4.68. The number of rotatable bonds is 1. The minimum atomic E-state index is 0.0163. The van der Waals surface area contributed by atoms with E-state index in [4.69, 9.17) is 4.74 Å². The maximum atomic E-state index is 11.6. The van der Waals surface area contributed by atoms with Gasteiger partial charge in [0.25, 0.3) is 5.91 Å². The molecule has 0 saturated heterocycles. The van der Waals surface area contributed by atoms with E-state index < -0.39 is 0 Å². The molecule has 1 heterocycles. The minimum Gasteiger partial charge on any atom is -0.496 e. The lowest BCUT2D eigenvalue weighted by molar-refractivity contribution is 0.0945. The van der Waals surface area contributed by atoms with Crippen LogP contribution in [0, 0.1) is 6.92 Å². The van der Waals surface area contributed by atoms with E-state index in [-0.39, 0.29) is 5.91 Å². The van der Waals surface area contributed by atoms with Gasteiger partial charge in [-0.3, -0.25) is 4.79 Å². The Morgan fingerprint density at radius 3 is 2.93 bits per heavy atom. The van der Waals surface area contributed by atoms with Crippen LogP contribution >= 0.6 is 0 Å². The molecule has 0 aliphatic carbocycles. The molecule has 1 N–H and O–H groups in total. The molecular formula is C11H13NO2. The van der Waals surface area contributed by atoms with Gasteiger partial charge in [-0.1, -0.05) is 6.07 Å². The Labute approximate surface area is 83.1 Å². The number of benzene rings is 1. The summed E-state index contributed by atoms with van der Waals surface area (Å²) in [5, 5.41) is 2.84. The predicted octanol–water partition coefficient (Wildman–Crippen LogP) is 1.29. The molecule has 74 valence electrons. The van der Waals surface area contributed by atoms with Crippen LogP contribution < -0.4 is 10.1 Å². The highest BCUT2D eigenvalue weighted by molar-refractivity contribution is 5.98. The highest BCUT2D eigenvalue weighted by atomic mass is 16.5. The van der Waals surface area contributed by atoms with Crippen molar-refractivity contribution in [1.29, 1.82) is 0 Å². The summed E-state index contributed by atoms with van der Waals surface area (Å²) >= 11 is 0. The highest BCUT2D eigenvalue weighted by Gasteiger charge is 2.20. The van der Waals surface area contributed by atoms with Crippen LogP contribution in [-0.4, -0.2) is 19.6 Å². The SMILES string of the molecule is COc1ccc2c(c1C)C(=O)NCC2. The van der Waals surface area contributed by atoms with Crippen molar-refractivity contribution < 1.29 is 9.53 Å². The van der Waals surface area contributed by atoms with E-state index in [9.17, 15) is 4.79 Å². The normalized spacial score (nSPS) is 14.6. The second kappa shape index (κ2) is 3.33. The Kier molecular flexibility index (Phi) is 2.15. The number of ether oxygens (including phenoxy) is 1. The summed E-state index contributed by atoms with van der Waals surface area (Å²) < 4.78 is 5.18. The Bertz CT molecular complexity index is 385. The first-order chi connectivity index (χ1) is 6.74. The molecule has 0 radical (unpaired) electrons. The Hall–Kier alpha value is -1.51. The number of carbonyl (C=O) groups is 1. The summed E-state index contributed by atoms with van der Waals surface area (Å²) in [5.41, 5.74) is 2.84. The second-order valence-corrected chi connectivity index (χ2v) is 3.43. The molecule has 3 heteroatoms. The lowest BCUT2D eigenvalue weighted by atomic mass is 9.95. The van der Waals surface area contributed by atoms with E-state index in [1.807, 2.05) is 19.1 Å². The van der Waals surface area contributed by atoms with Crippen LogP contribution in [0.1, 0.15) is 21.5 Å². The fraction of sp³-hybridized carbons (Fsp3) is 0.364. The van der Waals surface area contributed by atoms with Gasteiger partial charge in [0.1, 0.15) is 5.75 Å². The van der Waals surface area contributed by atoms with Gasteiger partial charge in [0.05, 0.1) is 7.11 Å². The van der Waals surface area contributed by atoms with Crippen molar-refractivity contribution in [3.63, 3.8) is 0 Å². The third-order valence-corrected chi connectivity index (χ3v) is 2.63. The van der Waals surface area contributed by atoms with Crippen molar-refractivity contribution in [2.24, 2.45) is 0 Å². The van der Waals surface area contributed by atoms with Crippen LogP contribution in [-0.2, 0) is 6.42 Å². The van der Waals surface area contributed by atoms with Gasteiger partial charge in [-0.15, -0.1) is 0 Å². The van der Waals surface area contributed by atoms with Gasteiger partial charge in [0.15, 0.2) is 0 Å². The molecule has 1 amide bonds. The summed E-state index contributed by atoms with van der Waals surface area (Å²) in [6, 6.07) is 3.90. The molecule has 1 aliphatic heterocycles. The Morgan fingerprint density at radius 1 is 1.43 bits per heavy atom. The quantitative estimate of drug-likeness (QED) is 0.726. The molecule has 0 unspecified atom stereocenters. The molecule has 0 fully saturated rings. The average Bonchev–Trinajstić information content (AvgIpc) is 2.18. The zero-order valence-electron chi connectivity index (χ0n) is 8.39. The maximum absolute atomic E-state index is 11.6. The van der Waals surface area contributed by atoms with Gasteiger partial charge in [0, 0.05) is 17.7 Å². The van der Waals surface area contributed by atoms with Crippen molar-refractivity contribution in [3.8, 4) is 5.75 Å². The fourth-order valence-electron chi connectivity index (χ4n) is 1.89. The zero-order chi connectivity index (χ0) is 10.1. The zero-order valence-corrected chi connectivity index (χ0v) is 8.39. The lowest BCUT2D eigenvalue weighted by Crippen LogP contribution is -2.32. The van der Waals surface area contributed by atoms with Crippen LogP contribution in [0.4, 0.5) is 0 Å². The summed E-state index contributed by atoms with van der Waals surface area (Å²) in [7, 11) is 1.62. The fourth-order valence-corrected chi connectivity index (χ4v) is 1.89. The van der Waals surface area contributed by atoms with Crippen LogP contribution in [0.25, 0.3) is 0 Å². The van der Waals surface area contributed by atoms with E-state index in [1.165, 1.54) is 0 Å². The number of nitrogens with one attached hydrogen (secondary N) is 1. The van der Waals surface area contributed by atoms with Gasteiger partial charge in [-0.25, -0.2) is 0 Å². The molecule has 0 atom stereocenters. The first-order valence-corrected chi connectivity index (χ1v) is 4.68.